The lowest BCUT2D eigenvalue weighted by atomic mass is 9.65. The minimum atomic E-state index is -0.804. The SMILES string of the molecule is CC1(C(=O)O)CCN(C(=O)NCC2(C3CC3)CCC2)C1. The normalized spacial score (nSPS) is 31.8. The topological polar surface area (TPSA) is 69.6 Å². The highest BCUT2D eigenvalue weighted by Gasteiger charge is 2.49. The van der Waals surface area contributed by atoms with Gasteiger partial charge in [0.25, 0.3) is 0 Å². The van der Waals surface area contributed by atoms with Crippen LogP contribution in [0.3, 0.4) is 0 Å². The van der Waals surface area contributed by atoms with Crippen molar-refractivity contribution in [3.8, 4) is 0 Å². The van der Waals surface area contributed by atoms with Gasteiger partial charge < -0.3 is 15.3 Å². The van der Waals surface area contributed by atoms with Crippen LogP contribution < -0.4 is 5.32 Å². The average Bonchev–Trinajstić information content (AvgIpc) is 3.11. The molecule has 0 radical (unpaired) electrons. The molecule has 1 heterocycles. The standard InChI is InChI=1S/C15H24N2O3/c1-14(12(18)19)7-8-17(10-14)13(20)16-9-15(5-2-6-15)11-3-4-11/h11H,2-10H2,1H3,(H,16,20)(H,18,19). The Hall–Kier alpha value is -1.26. The van der Waals surface area contributed by atoms with Gasteiger partial charge in [-0.25, -0.2) is 4.79 Å². The first-order valence-electron chi connectivity index (χ1n) is 7.71. The van der Waals surface area contributed by atoms with Crippen LogP contribution in [-0.4, -0.2) is 41.6 Å². The Morgan fingerprint density at radius 1 is 1.30 bits per heavy atom. The molecule has 0 spiro atoms. The van der Waals surface area contributed by atoms with Crippen molar-refractivity contribution in [1.29, 1.82) is 0 Å². The van der Waals surface area contributed by atoms with Crippen molar-refractivity contribution in [3.05, 3.63) is 0 Å². The van der Waals surface area contributed by atoms with E-state index in [1.165, 1.54) is 32.1 Å². The lowest BCUT2D eigenvalue weighted by Gasteiger charge is -2.43. The van der Waals surface area contributed by atoms with Crippen LogP contribution in [0.2, 0.25) is 0 Å². The van der Waals surface area contributed by atoms with Gasteiger partial charge in [-0.15, -0.1) is 0 Å². The predicted octanol–water partition coefficient (Wildman–Crippen LogP) is 2.07. The molecule has 2 saturated carbocycles. The van der Waals surface area contributed by atoms with Crippen LogP contribution >= 0.6 is 0 Å². The summed E-state index contributed by atoms with van der Waals surface area (Å²) in [6.07, 6.45) is 6.94. The van der Waals surface area contributed by atoms with Crippen molar-refractivity contribution in [3.63, 3.8) is 0 Å². The van der Waals surface area contributed by atoms with Crippen LogP contribution in [0.4, 0.5) is 4.79 Å². The van der Waals surface area contributed by atoms with E-state index in [4.69, 9.17) is 0 Å². The molecule has 5 heteroatoms. The molecule has 1 unspecified atom stereocenters. The van der Waals surface area contributed by atoms with Gasteiger partial charge in [0, 0.05) is 19.6 Å². The second-order valence-electron chi connectivity index (χ2n) is 7.19. The van der Waals surface area contributed by atoms with Crippen molar-refractivity contribution >= 4 is 12.0 Å². The van der Waals surface area contributed by atoms with Crippen LogP contribution in [0.15, 0.2) is 0 Å². The summed E-state index contributed by atoms with van der Waals surface area (Å²) in [4.78, 5) is 25.1. The third-order valence-electron chi connectivity index (χ3n) is 5.66. The number of hydrogen-bond acceptors (Lipinski definition) is 2. The lowest BCUT2D eigenvalue weighted by molar-refractivity contribution is -0.147. The highest BCUT2D eigenvalue weighted by atomic mass is 16.4. The van der Waals surface area contributed by atoms with Gasteiger partial charge in [0.1, 0.15) is 0 Å². The molecule has 3 fully saturated rings. The maximum absolute atomic E-state index is 12.2. The van der Waals surface area contributed by atoms with E-state index in [9.17, 15) is 14.7 Å². The van der Waals surface area contributed by atoms with Crippen LogP contribution in [-0.2, 0) is 4.79 Å². The van der Waals surface area contributed by atoms with Gasteiger partial charge >= 0.3 is 12.0 Å². The second kappa shape index (κ2) is 4.64. The molecular weight excluding hydrogens is 256 g/mol. The number of aliphatic carboxylic acids is 1. The minimum Gasteiger partial charge on any atom is -0.481 e. The molecule has 5 nitrogen and oxygen atoms in total. The van der Waals surface area contributed by atoms with Gasteiger partial charge in [-0.2, -0.15) is 0 Å². The summed E-state index contributed by atoms with van der Waals surface area (Å²) in [7, 11) is 0. The molecule has 3 aliphatic rings. The van der Waals surface area contributed by atoms with Crippen LogP contribution in [0.5, 0.6) is 0 Å². The number of nitrogens with one attached hydrogen (secondary N) is 1. The Kier molecular flexibility index (Phi) is 3.18. The van der Waals surface area contributed by atoms with Gasteiger partial charge in [-0.3, -0.25) is 4.79 Å². The quantitative estimate of drug-likeness (QED) is 0.828. The zero-order valence-corrected chi connectivity index (χ0v) is 12.2. The molecule has 2 N–H and O–H groups in total. The van der Waals surface area contributed by atoms with E-state index in [2.05, 4.69) is 5.32 Å². The Bertz CT molecular complexity index is 429. The molecule has 2 aliphatic carbocycles. The maximum atomic E-state index is 12.2. The summed E-state index contributed by atoms with van der Waals surface area (Å²) in [5.41, 5.74) is -0.409. The van der Waals surface area contributed by atoms with Crippen LogP contribution in [0.1, 0.15) is 45.4 Å². The number of carboxylic acid groups (broad SMARTS) is 1. The molecule has 112 valence electrons. The third-order valence-corrected chi connectivity index (χ3v) is 5.66. The molecule has 0 bridgehead atoms. The summed E-state index contributed by atoms with van der Waals surface area (Å²) in [6.45, 7) is 3.37. The van der Waals surface area contributed by atoms with E-state index in [1.54, 1.807) is 11.8 Å². The summed E-state index contributed by atoms with van der Waals surface area (Å²) in [6, 6.07) is -0.0816. The number of likely N-dealkylation sites (tertiary alicyclic amines) is 1. The molecule has 0 aromatic carbocycles. The monoisotopic (exact) mass is 280 g/mol. The van der Waals surface area contributed by atoms with Crippen molar-refractivity contribution in [1.82, 2.24) is 10.2 Å². The second-order valence-corrected chi connectivity index (χ2v) is 7.19. The van der Waals surface area contributed by atoms with Crippen LogP contribution in [0.25, 0.3) is 0 Å². The van der Waals surface area contributed by atoms with E-state index in [-0.39, 0.29) is 6.03 Å². The molecule has 1 aliphatic heterocycles. The van der Waals surface area contributed by atoms with Crippen LogP contribution in [0, 0.1) is 16.7 Å². The first-order valence-corrected chi connectivity index (χ1v) is 7.71. The van der Waals surface area contributed by atoms with Gasteiger partial charge in [0.2, 0.25) is 0 Å². The molecule has 2 amide bonds. The van der Waals surface area contributed by atoms with Gasteiger partial charge in [-0.1, -0.05) is 6.42 Å². The number of hydrogen-bond donors (Lipinski definition) is 2. The summed E-state index contributed by atoms with van der Waals surface area (Å²) in [5.74, 6) is 0.0145. The summed E-state index contributed by atoms with van der Waals surface area (Å²) in [5, 5.41) is 12.3. The number of urea groups is 1. The Labute approximate surface area is 119 Å². The number of carbonyl (C=O) groups excluding carboxylic acids is 1. The number of carbonyl (C=O) groups is 2. The highest BCUT2D eigenvalue weighted by molar-refractivity contribution is 5.79. The zero-order valence-electron chi connectivity index (χ0n) is 12.2. The fourth-order valence-corrected chi connectivity index (χ4v) is 3.73. The van der Waals surface area contributed by atoms with Crippen molar-refractivity contribution in [2.75, 3.05) is 19.6 Å². The van der Waals surface area contributed by atoms with E-state index in [1.807, 2.05) is 0 Å². The molecule has 20 heavy (non-hydrogen) atoms. The maximum Gasteiger partial charge on any atom is 0.317 e. The molecular formula is C15H24N2O3. The van der Waals surface area contributed by atoms with E-state index in [0.717, 1.165) is 12.5 Å². The predicted molar refractivity (Wildman–Crippen MR) is 74.3 cm³/mol. The van der Waals surface area contributed by atoms with Crippen molar-refractivity contribution < 1.29 is 14.7 Å². The molecule has 3 rings (SSSR count). The van der Waals surface area contributed by atoms with Crippen molar-refractivity contribution in [2.24, 2.45) is 16.7 Å². The van der Waals surface area contributed by atoms with Gasteiger partial charge in [0.15, 0.2) is 0 Å². The largest absolute Gasteiger partial charge is 0.481 e. The number of rotatable bonds is 4. The number of nitrogens with zero attached hydrogens (tertiary/aromatic N) is 1. The first kappa shape index (κ1) is 13.7. The average molecular weight is 280 g/mol. The Balaban J connectivity index is 1.51. The van der Waals surface area contributed by atoms with Gasteiger partial charge in [-0.05, 0) is 50.4 Å². The Morgan fingerprint density at radius 2 is 2.00 bits per heavy atom. The van der Waals surface area contributed by atoms with Crippen molar-refractivity contribution in [2.45, 2.75) is 45.4 Å². The molecule has 0 aromatic rings. The van der Waals surface area contributed by atoms with E-state index < -0.39 is 11.4 Å². The fourth-order valence-electron chi connectivity index (χ4n) is 3.73. The van der Waals surface area contributed by atoms with Gasteiger partial charge in [0.05, 0.1) is 5.41 Å². The number of amides is 2. The zero-order chi connectivity index (χ0) is 14.4. The summed E-state index contributed by atoms with van der Waals surface area (Å²) < 4.78 is 0. The minimum absolute atomic E-state index is 0.0816. The third kappa shape index (κ3) is 2.27. The fraction of sp³-hybridized carbons (Fsp3) is 0.867. The van der Waals surface area contributed by atoms with E-state index in [0.29, 0.717) is 24.9 Å². The molecule has 1 saturated heterocycles. The summed E-state index contributed by atoms with van der Waals surface area (Å²) >= 11 is 0. The Morgan fingerprint density at radius 3 is 2.45 bits per heavy atom. The van der Waals surface area contributed by atoms with E-state index >= 15 is 0 Å². The molecule has 1 atom stereocenters. The number of carboxylic acids is 1. The lowest BCUT2D eigenvalue weighted by Crippen LogP contribution is -2.48. The first-order chi connectivity index (χ1) is 9.45. The molecule has 0 aromatic heterocycles. The highest BCUT2D eigenvalue weighted by Crippen LogP contribution is 2.56. The smallest absolute Gasteiger partial charge is 0.317 e.